The molecule has 7 heteroatoms. The van der Waals surface area contributed by atoms with Gasteiger partial charge < -0.3 is 9.84 Å². The first-order valence-electron chi connectivity index (χ1n) is 5.75. The minimum Gasteiger partial charge on any atom is -0.406 e. The SMILES string of the molecule is OC(c1cccc(OC(F)(F)F)c1)c1cc(I)ccc1Br. The lowest BCUT2D eigenvalue weighted by Gasteiger charge is -2.15. The Balaban J connectivity index is 2.33. The summed E-state index contributed by atoms with van der Waals surface area (Å²) in [6, 6.07) is 10.7. The number of halogens is 5. The van der Waals surface area contributed by atoms with Crippen LogP contribution in [0.2, 0.25) is 0 Å². The predicted molar refractivity (Wildman–Crippen MR) is 84.0 cm³/mol. The van der Waals surface area contributed by atoms with Crippen molar-refractivity contribution < 1.29 is 23.0 Å². The standard InChI is InChI=1S/C14H9BrF3IO2/c15-12-5-4-9(19)7-11(12)13(20)8-2-1-3-10(6-8)21-14(16,17)18/h1-7,13,20H. The predicted octanol–water partition coefficient (Wildman–Crippen LogP) is 5.03. The highest BCUT2D eigenvalue weighted by Gasteiger charge is 2.31. The number of benzene rings is 2. The third-order valence-electron chi connectivity index (χ3n) is 2.66. The number of hydrogen-bond acceptors (Lipinski definition) is 2. The van der Waals surface area contributed by atoms with Crippen molar-refractivity contribution in [3.63, 3.8) is 0 Å². The van der Waals surface area contributed by atoms with Crippen molar-refractivity contribution in [3.8, 4) is 5.75 Å². The van der Waals surface area contributed by atoms with E-state index < -0.39 is 12.5 Å². The van der Waals surface area contributed by atoms with Gasteiger partial charge in [-0.3, -0.25) is 0 Å². The molecule has 0 aliphatic carbocycles. The third-order valence-corrected chi connectivity index (χ3v) is 4.05. The average molecular weight is 473 g/mol. The van der Waals surface area contributed by atoms with Gasteiger partial charge in [-0.25, -0.2) is 0 Å². The molecule has 112 valence electrons. The van der Waals surface area contributed by atoms with Crippen molar-refractivity contribution in [2.45, 2.75) is 12.5 Å². The summed E-state index contributed by atoms with van der Waals surface area (Å²) in [5.41, 5.74) is 0.894. The first-order chi connectivity index (χ1) is 9.76. The van der Waals surface area contributed by atoms with E-state index in [1.54, 1.807) is 18.2 Å². The van der Waals surface area contributed by atoms with Crippen LogP contribution in [0.25, 0.3) is 0 Å². The fraction of sp³-hybridized carbons (Fsp3) is 0.143. The monoisotopic (exact) mass is 472 g/mol. The molecule has 0 aliphatic rings. The normalized spacial score (nSPS) is 13.0. The zero-order valence-corrected chi connectivity index (χ0v) is 14.1. The first kappa shape index (κ1) is 16.6. The van der Waals surface area contributed by atoms with Gasteiger partial charge in [-0.2, -0.15) is 0 Å². The van der Waals surface area contributed by atoms with Crippen molar-refractivity contribution in [2.24, 2.45) is 0 Å². The smallest absolute Gasteiger partial charge is 0.406 e. The van der Waals surface area contributed by atoms with Gasteiger partial charge >= 0.3 is 6.36 Å². The second-order valence-corrected chi connectivity index (χ2v) is 6.29. The largest absolute Gasteiger partial charge is 0.573 e. The van der Waals surface area contributed by atoms with Crippen LogP contribution in [0.15, 0.2) is 46.9 Å². The number of hydrogen-bond donors (Lipinski definition) is 1. The number of aliphatic hydroxyl groups excluding tert-OH is 1. The Morgan fingerprint density at radius 1 is 1.14 bits per heavy atom. The highest BCUT2D eigenvalue weighted by Crippen LogP contribution is 2.32. The maximum Gasteiger partial charge on any atom is 0.573 e. The van der Waals surface area contributed by atoms with Crippen molar-refractivity contribution in [2.75, 3.05) is 0 Å². The number of aliphatic hydroxyl groups is 1. The van der Waals surface area contributed by atoms with E-state index in [2.05, 4.69) is 43.3 Å². The van der Waals surface area contributed by atoms with Crippen LogP contribution in [0.4, 0.5) is 13.2 Å². The topological polar surface area (TPSA) is 29.5 Å². The number of alkyl halides is 3. The molecule has 2 aromatic carbocycles. The quantitative estimate of drug-likeness (QED) is 0.634. The lowest BCUT2D eigenvalue weighted by Crippen LogP contribution is -2.17. The molecule has 2 aromatic rings. The van der Waals surface area contributed by atoms with Crippen LogP contribution in [-0.4, -0.2) is 11.5 Å². The Morgan fingerprint density at radius 2 is 1.86 bits per heavy atom. The molecule has 0 amide bonds. The summed E-state index contributed by atoms with van der Waals surface area (Å²) in [6.07, 6.45) is -5.81. The lowest BCUT2D eigenvalue weighted by molar-refractivity contribution is -0.274. The van der Waals surface area contributed by atoms with Gasteiger partial charge in [0, 0.05) is 13.6 Å². The summed E-state index contributed by atoms with van der Waals surface area (Å²) in [7, 11) is 0. The molecule has 0 aromatic heterocycles. The third kappa shape index (κ3) is 4.58. The molecule has 2 nitrogen and oxygen atoms in total. The molecule has 0 fully saturated rings. The fourth-order valence-corrected chi connectivity index (χ4v) is 2.76. The minimum atomic E-state index is -4.76. The van der Waals surface area contributed by atoms with Crippen molar-refractivity contribution in [3.05, 3.63) is 61.6 Å². The molecular formula is C14H9BrF3IO2. The molecule has 1 N–H and O–H groups in total. The van der Waals surface area contributed by atoms with Gasteiger partial charge in [0.25, 0.3) is 0 Å². The highest BCUT2D eigenvalue weighted by atomic mass is 127. The zero-order chi connectivity index (χ0) is 15.6. The Hall–Kier alpha value is -0.800. The molecule has 0 heterocycles. The first-order valence-corrected chi connectivity index (χ1v) is 7.62. The van der Waals surface area contributed by atoms with Crippen LogP contribution in [0.3, 0.4) is 0 Å². The Bertz CT molecular complexity index is 646. The summed E-state index contributed by atoms with van der Waals surface area (Å²) in [4.78, 5) is 0. The summed E-state index contributed by atoms with van der Waals surface area (Å²) < 4.78 is 42.1. The van der Waals surface area contributed by atoms with Crippen LogP contribution >= 0.6 is 38.5 Å². The van der Waals surface area contributed by atoms with Crippen LogP contribution in [0, 0.1) is 3.57 Å². The molecule has 1 atom stereocenters. The molecule has 0 saturated carbocycles. The van der Waals surface area contributed by atoms with E-state index in [0.717, 1.165) is 3.57 Å². The van der Waals surface area contributed by atoms with Crippen LogP contribution < -0.4 is 4.74 Å². The fourth-order valence-electron chi connectivity index (χ4n) is 1.79. The molecule has 1 unspecified atom stereocenters. The van der Waals surface area contributed by atoms with Gasteiger partial charge in [0.1, 0.15) is 11.9 Å². The van der Waals surface area contributed by atoms with Gasteiger partial charge in [0.05, 0.1) is 0 Å². The van der Waals surface area contributed by atoms with Crippen LogP contribution in [0.5, 0.6) is 5.75 Å². The molecule has 0 aliphatic heterocycles. The molecular weight excluding hydrogens is 464 g/mol. The Labute approximate surface area is 141 Å². The average Bonchev–Trinajstić information content (AvgIpc) is 2.39. The van der Waals surface area contributed by atoms with Gasteiger partial charge in [-0.1, -0.05) is 28.1 Å². The zero-order valence-electron chi connectivity index (χ0n) is 10.4. The van der Waals surface area contributed by atoms with Crippen LogP contribution in [-0.2, 0) is 0 Å². The number of ether oxygens (including phenoxy) is 1. The molecule has 0 spiro atoms. The highest BCUT2D eigenvalue weighted by molar-refractivity contribution is 14.1. The van der Waals surface area contributed by atoms with E-state index in [-0.39, 0.29) is 5.75 Å². The van der Waals surface area contributed by atoms with Crippen LogP contribution in [0.1, 0.15) is 17.2 Å². The summed E-state index contributed by atoms with van der Waals surface area (Å²) >= 11 is 5.42. The van der Waals surface area contributed by atoms with Gasteiger partial charge in [0.15, 0.2) is 0 Å². The maximum atomic E-state index is 12.2. The molecule has 21 heavy (non-hydrogen) atoms. The van der Waals surface area contributed by atoms with E-state index >= 15 is 0 Å². The van der Waals surface area contributed by atoms with E-state index in [9.17, 15) is 18.3 Å². The molecule has 0 saturated heterocycles. The second kappa shape index (κ2) is 6.53. The Morgan fingerprint density at radius 3 is 2.52 bits per heavy atom. The van der Waals surface area contributed by atoms with Crippen molar-refractivity contribution in [1.82, 2.24) is 0 Å². The van der Waals surface area contributed by atoms with Gasteiger partial charge in [0.2, 0.25) is 0 Å². The van der Waals surface area contributed by atoms with Gasteiger partial charge in [-0.05, 0) is 58.5 Å². The summed E-state index contributed by atoms with van der Waals surface area (Å²) in [5.74, 6) is -0.360. The molecule has 2 rings (SSSR count). The second-order valence-electron chi connectivity index (χ2n) is 4.19. The van der Waals surface area contributed by atoms with E-state index in [0.29, 0.717) is 15.6 Å². The number of rotatable bonds is 3. The molecule has 0 bridgehead atoms. The summed E-state index contributed by atoms with van der Waals surface area (Å²) in [6.45, 7) is 0. The molecule has 0 radical (unpaired) electrons. The maximum absolute atomic E-state index is 12.2. The van der Waals surface area contributed by atoms with E-state index in [1.807, 2.05) is 6.07 Å². The minimum absolute atomic E-state index is 0.319. The lowest BCUT2D eigenvalue weighted by atomic mass is 10.0. The van der Waals surface area contributed by atoms with Crippen molar-refractivity contribution in [1.29, 1.82) is 0 Å². The summed E-state index contributed by atoms with van der Waals surface area (Å²) in [5, 5.41) is 10.3. The van der Waals surface area contributed by atoms with E-state index in [4.69, 9.17) is 0 Å². The van der Waals surface area contributed by atoms with E-state index in [1.165, 1.54) is 18.2 Å². The Kier molecular flexibility index (Phi) is 5.15. The van der Waals surface area contributed by atoms with Crippen molar-refractivity contribution >= 4 is 38.5 Å². The van der Waals surface area contributed by atoms with Gasteiger partial charge in [-0.15, -0.1) is 13.2 Å².